The molecule has 0 aromatic heterocycles. The molecule has 1 unspecified atom stereocenters. The number of hydrogen-bond acceptors (Lipinski definition) is 5. The smallest absolute Gasteiger partial charge is 0.249 e. The molecule has 1 spiro atoms. The van der Waals surface area contributed by atoms with Crippen molar-refractivity contribution < 1.29 is 24.2 Å². The van der Waals surface area contributed by atoms with E-state index in [-0.39, 0.29) is 36.9 Å². The number of para-hydroxylation sites is 1. The van der Waals surface area contributed by atoms with E-state index in [1.54, 1.807) is 14.7 Å². The molecular weight excluding hydrogens is 434 g/mol. The Labute approximate surface area is 199 Å². The number of ether oxygens (including phenoxy) is 1. The van der Waals surface area contributed by atoms with Gasteiger partial charge >= 0.3 is 0 Å². The lowest BCUT2D eigenvalue weighted by atomic mass is 9.77. The molecule has 180 valence electrons. The molecule has 2 fully saturated rings. The molecule has 1 aromatic carbocycles. The molecule has 0 saturated carbocycles. The zero-order valence-electron chi connectivity index (χ0n) is 19.5. The number of nitrogens with zero attached hydrogens (tertiary/aromatic N) is 3. The molecule has 8 heteroatoms. The third-order valence-electron chi connectivity index (χ3n) is 7.44. The van der Waals surface area contributed by atoms with Gasteiger partial charge in [-0.1, -0.05) is 42.5 Å². The number of hydrogen-bond donors (Lipinski definition) is 1. The number of aliphatic hydroxyl groups is 1. The Hall–Kier alpha value is -2.97. The first-order valence-electron chi connectivity index (χ1n) is 12.0. The summed E-state index contributed by atoms with van der Waals surface area (Å²) in [4.78, 5) is 46.6. The summed E-state index contributed by atoms with van der Waals surface area (Å²) in [6.45, 7) is 4.83. The molecule has 5 atom stereocenters. The average molecular weight is 466 g/mol. The van der Waals surface area contributed by atoms with Crippen LogP contribution in [0.5, 0.6) is 0 Å². The van der Waals surface area contributed by atoms with Crippen LogP contribution in [0.2, 0.25) is 0 Å². The van der Waals surface area contributed by atoms with E-state index in [1.165, 1.54) is 0 Å². The van der Waals surface area contributed by atoms with Crippen LogP contribution in [0.1, 0.15) is 20.3 Å². The molecule has 0 aliphatic carbocycles. The van der Waals surface area contributed by atoms with E-state index in [9.17, 15) is 19.5 Å². The van der Waals surface area contributed by atoms with Gasteiger partial charge in [-0.05, 0) is 32.4 Å². The van der Waals surface area contributed by atoms with Crippen molar-refractivity contribution in [3.8, 4) is 0 Å². The number of aliphatic hydroxyl groups excluding tert-OH is 1. The molecule has 3 amide bonds. The van der Waals surface area contributed by atoms with Crippen LogP contribution in [-0.2, 0) is 19.1 Å². The highest BCUT2D eigenvalue weighted by Crippen LogP contribution is 2.53. The van der Waals surface area contributed by atoms with Crippen LogP contribution >= 0.6 is 0 Å². The number of benzene rings is 1. The summed E-state index contributed by atoms with van der Waals surface area (Å²) in [6, 6.07) is 8.48. The van der Waals surface area contributed by atoms with E-state index >= 15 is 0 Å². The number of anilines is 1. The molecule has 1 N–H and O–H groups in total. The number of likely N-dealkylation sites (tertiary alicyclic amines) is 1. The summed E-state index contributed by atoms with van der Waals surface area (Å²) in [5.74, 6) is -2.16. The van der Waals surface area contributed by atoms with E-state index in [4.69, 9.17) is 4.74 Å². The quantitative estimate of drug-likeness (QED) is 0.664. The fourth-order valence-electron chi connectivity index (χ4n) is 5.94. The van der Waals surface area contributed by atoms with Gasteiger partial charge in [0.05, 0.1) is 17.9 Å². The average Bonchev–Trinajstić information content (AvgIpc) is 3.13. The summed E-state index contributed by atoms with van der Waals surface area (Å²) in [5, 5.41) is 9.45. The lowest BCUT2D eigenvalue weighted by Gasteiger charge is -2.36. The Morgan fingerprint density at radius 3 is 2.53 bits per heavy atom. The van der Waals surface area contributed by atoms with Crippen LogP contribution in [0.3, 0.4) is 0 Å². The van der Waals surface area contributed by atoms with E-state index < -0.39 is 29.6 Å². The standard InChI is InChI=1S/C26H31N3O5/c1-17(2)27-14-7-12-26-21(24(32)29(15-8-16-30)22(26)25(27)33)20-19(34-26)11-6-13-28(23(20)31)18-9-4-3-5-10-18/h3-7,9-12,17,19-22,30H,8,13-16H2,1-2H3/t19-,20+,21-,22?,26-/m0/s1. The van der Waals surface area contributed by atoms with Crippen molar-refractivity contribution in [2.24, 2.45) is 11.8 Å². The van der Waals surface area contributed by atoms with E-state index in [2.05, 4.69) is 0 Å². The topological polar surface area (TPSA) is 90.4 Å². The molecule has 4 aliphatic rings. The van der Waals surface area contributed by atoms with Gasteiger partial charge < -0.3 is 24.5 Å². The highest BCUT2D eigenvalue weighted by Gasteiger charge is 2.71. The van der Waals surface area contributed by atoms with Crippen LogP contribution in [0.4, 0.5) is 5.69 Å². The van der Waals surface area contributed by atoms with Crippen LogP contribution in [0, 0.1) is 11.8 Å². The van der Waals surface area contributed by atoms with E-state index in [0.717, 1.165) is 5.69 Å². The van der Waals surface area contributed by atoms with E-state index in [1.807, 2.05) is 68.5 Å². The number of fused-ring (bicyclic) bond motifs is 2. The SMILES string of the molecule is CC(C)N1CC=C[C@]23O[C@H]4C=CCN(c5ccccc5)C(=O)[C@H]4[C@H]2C(=O)N(CCCO)C3C1=O. The second-order valence-electron chi connectivity index (χ2n) is 9.65. The maximum atomic E-state index is 13.9. The Bertz CT molecular complexity index is 1040. The van der Waals surface area contributed by atoms with Gasteiger partial charge in [-0.2, -0.15) is 0 Å². The zero-order chi connectivity index (χ0) is 24.0. The minimum absolute atomic E-state index is 0.0527. The molecule has 8 nitrogen and oxygen atoms in total. The van der Waals surface area contributed by atoms with Gasteiger partial charge in [-0.15, -0.1) is 0 Å². The second kappa shape index (κ2) is 8.67. The molecule has 1 aromatic rings. The summed E-state index contributed by atoms with van der Waals surface area (Å²) in [7, 11) is 0. The van der Waals surface area contributed by atoms with Crippen LogP contribution < -0.4 is 4.90 Å². The highest BCUT2D eigenvalue weighted by molar-refractivity contribution is 6.03. The lowest BCUT2D eigenvalue weighted by molar-refractivity contribution is -0.148. The Kier molecular flexibility index (Phi) is 5.81. The molecule has 2 saturated heterocycles. The van der Waals surface area contributed by atoms with Gasteiger partial charge in [0.25, 0.3) is 0 Å². The predicted molar refractivity (Wildman–Crippen MR) is 126 cm³/mol. The van der Waals surface area contributed by atoms with Crippen LogP contribution in [0.15, 0.2) is 54.6 Å². The fraction of sp³-hybridized carbons (Fsp3) is 0.500. The molecule has 5 rings (SSSR count). The van der Waals surface area contributed by atoms with Gasteiger partial charge in [0, 0.05) is 38.0 Å². The van der Waals surface area contributed by atoms with Gasteiger partial charge in [0.15, 0.2) is 0 Å². The normalized spacial score (nSPS) is 32.7. The molecule has 4 heterocycles. The van der Waals surface area contributed by atoms with Crippen molar-refractivity contribution in [2.75, 3.05) is 31.1 Å². The summed E-state index contributed by atoms with van der Waals surface area (Å²) in [6.07, 6.45) is 7.26. The zero-order valence-corrected chi connectivity index (χ0v) is 19.5. The molecule has 0 radical (unpaired) electrons. The minimum atomic E-state index is -1.22. The first kappa shape index (κ1) is 22.8. The van der Waals surface area contributed by atoms with Crippen molar-refractivity contribution in [3.05, 3.63) is 54.6 Å². The lowest BCUT2D eigenvalue weighted by Crippen LogP contribution is -2.56. The largest absolute Gasteiger partial charge is 0.396 e. The first-order chi connectivity index (χ1) is 16.4. The van der Waals surface area contributed by atoms with Crippen molar-refractivity contribution in [1.82, 2.24) is 9.80 Å². The first-order valence-corrected chi connectivity index (χ1v) is 12.0. The van der Waals surface area contributed by atoms with Crippen molar-refractivity contribution >= 4 is 23.4 Å². The van der Waals surface area contributed by atoms with E-state index in [0.29, 0.717) is 19.5 Å². The van der Waals surface area contributed by atoms with Gasteiger partial charge in [0.1, 0.15) is 11.6 Å². The van der Waals surface area contributed by atoms with Gasteiger partial charge in [0.2, 0.25) is 17.7 Å². The number of rotatable bonds is 5. The second-order valence-corrected chi connectivity index (χ2v) is 9.65. The molecular formula is C26H31N3O5. The number of carbonyl (C=O) groups is 3. The molecule has 0 bridgehead atoms. The predicted octanol–water partition coefficient (Wildman–Crippen LogP) is 1.36. The number of amides is 3. The Morgan fingerprint density at radius 2 is 1.82 bits per heavy atom. The highest BCUT2D eigenvalue weighted by atomic mass is 16.5. The van der Waals surface area contributed by atoms with Crippen LogP contribution in [-0.4, -0.2) is 82.7 Å². The molecule has 34 heavy (non-hydrogen) atoms. The summed E-state index contributed by atoms with van der Waals surface area (Å²) in [5.41, 5.74) is -0.459. The van der Waals surface area contributed by atoms with Gasteiger partial charge in [-0.3, -0.25) is 14.4 Å². The van der Waals surface area contributed by atoms with Gasteiger partial charge in [-0.25, -0.2) is 0 Å². The third-order valence-corrected chi connectivity index (χ3v) is 7.44. The van der Waals surface area contributed by atoms with Crippen LogP contribution in [0.25, 0.3) is 0 Å². The van der Waals surface area contributed by atoms with Crippen molar-refractivity contribution in [1.29, 1.82) is 0 Å². The summed E-state index contributed by atoms with van der Waals surface area (Å²) >= 11 is 0. The number of carbonyl (C=O) groups excluding carboxylic acids is 3. The maximum absolute atomic E-state index is 13.9. The summed E-state index contributed by atoms with van der Waals surface area (Å²) < 4.78 is 6.58. The van der Waals surface area contributed by atoms with Crippen molar-refractivity contribution in [3.63, 3.8) is 0 Å². The fourth-order valence-corrected chi connectivity index (χ4v) is 5.94. The third kappa shape index (κ3) is 3.31. The molecule has 4 aliphatic heterocycles. The Morgan fingerprint density at radius 1 is 1.06 bits per heavy atom. The minimum Gasteiger partial charge on any atom is -0.396 e. The Balaban J connectivity index is 1.60. The monoisotopic (exact) mass is 465 g/mol. The maximum Gasteiger partial charge on any atom is 0.249 e. The van der Waals surface area contributed by atoms with Crippen molar-refractivity contribution in [2.45, 2.75) is 44.1 Å².